The molecule has 0 saturated carbocycles. The van der Waals surface area contributed by atoms with Crippen LogP contribution in [0.4, 0.5) is 5.82 Å². The zero-order chi connectivity index (χ0) is 10.1. The van der Waals surface area contributed by atoms with Gasteiger partial charge in [-0.25, -0.2) is 0 Å². The van der Waals surface area contributed by atoms with Crippen LogP contribution in [0.3, 0.4) is 0 Å². The number of rotatable bonds is 2. The lowest BCUT2D eigenvalue weighted by atomic mass is 10.4. The highest BCUT2D eigenvalue weighted by Crippen LogP contribution is 2.02. The van der Waals surface area contributed by atoms with E-state index in [0.29, 0.717) is 12.4 Å². The van der Waals surface area contributed by atoms with E-state index in [-0.39, 0.29) is 0 Å². The lowest BCUT2D eigenvalue weighted by Crippen LogP contribution is -2.05. The zero-order valence-corrected chi connectivity index (χ0v) is 8.18. The van der Waals surface area contributed by atoms with Crippen LogP contribution in [0, 0.1) is 6.92 Å². The topological polar surface area (TPSA) is 74.6 Å². The molecular formula is C8H12N6. The van der Waals surface area contributed by atoms with Gasteiger partial charge >= 0.3 is 0 Å². The van der Waals surface area contributed by atoms with Gasteiger partial charge in [0.2, 0.25) is 0 Å². The molecule has 0 unspecified atom stereocenters. The van der Waals surface area contributed by atoms with Crippen molar-refractivity contribution in [2.45, 2.75) is 13.5 Å². The Balaban J connectivity index is 2.18. The van der Waals surface area contributed by atoms with Crippen LogP contribution in [0.5, 0.6) is 0 Å². The van der Waals surface area contributed by atoms with Crippen molar-refractivity contribution in [3.8, 4) is 0 Å². The van der Waals surface area contributed by atoms with E-state index in [9.17, 15) is 0 Å². The summed E-state index contributed by atoms with van der Waals surface area (Å²) < 4.78 is 1.82. The summed E-state index contributed by atoms with van der Waals surface area (Å²) in [6.45, 7) is 2.56. The van der Waals surface area contributed by atoms with Gasteiger partial charge in [-0.2, -0.15) is 15.0 Å². The minimum absolute atomic E-state index is 0.428. The van der Waals surface area contributed by atoms with E-state index >= 15 is 0 Å². The van der Waals surface area contributed by atoms with Crippen LogP contribution < -0.4 is 5.73 Å². The summed E-state index contributed by atoms with van der Waals surface area (Å²) in [5, 5.41) is 12.3. The maximum absolute atomic E-state index is 5.45. The Labute approximate surface area is 81.3 Å². The van der Waals surface area contributed by atoms with Gasteiger partial charge in [0, 0.05) is 12.7 Å². The van der Waals surface area contributed by atoms with Gasteiger partial charge in [0.05, 0.1) is 11.9 Å². The second-order valence-electron chi connectivity index (χ2n) is 3.20. The van der Waals surface area contributed by atoms with Crippen molar-refractivity contribution in [3.05, 3.63) is 23.7 Å². The highest BCUT2D eigenvalue weighted by Gasteiger charge is 2.03. The predicted octanol–water partition coefficient (Wildman–Crippen LogP) is -0.0495. The lowest BCUT2D eigenvalue weighted by molar-refractivity contribution is 0.574. The number of aryl methyl sites for hydroxylation is 2. The van der Waals surface area contributed by atoms with Gasteiger partial charge in [0.1, 0.15) is 6.54 Å². The second kappa shape index (κ2) is 3.13. The van der Waals surface area contributed by atoms with E-state index in [2.05, 4.69) is 15.3 Å². The van der Waals surface area contributed by atoms with E-state index in [0.717, 1.165) is 11.4 Å². The van der Waals surface area contributed by atoms with Gasteiger partial charge in [0.15, 0.2) is 5.82 Å². The van der Waals surface area contributed by atoms with Crippen LogP contribution in [0.2, 0.25) is 0 Å². The summed E-state index contributed by atoms with van der Waals surface area (Å²) in [4.78, 5) is 1.52. The molecule has 0 fully saturated rings. The second-order valence-corrected chi connectivity index (χ2v) is 3.20. The molecule has 0 spiro atoms. The summed E-state index contributed by atoms with van der Waals surface area (Å²) in [6.07, 6.45) is 1.52. The first-order chi connectivity index (χ1) is 6.65. The molecule has 6 heteroatoms. The summed E-state index contributed by atoms with van der Waals surface area (Å²) in [7, 11) is 1.91. The third-order valence-corrected chi connectivity index (χ3v) is 2.02. The molecule has 0 saturated heterocycles. The molecule has 2 aromatic rings. The van der Waals surface area contributed by atoms with Crippen LogP contribution in [-0.4, -0.2) is 24.8 Å². The Bertz CT molecular complexity index is 421. The van der Waals surface area contributed by atoms with Gasteiger partial charge in [-0.15, -0.1) is 5.10 Å². The maximum Gasteiger partial charge on any atom is 0.165 e. The smallest absolute Gasteiger partial charge is 0.165 e. The van der Waals surface area contributed by atoms with Gasteiger partial charge in [-0.3, -0.25) is 4.68 Å². The molecule has 2 heterocycles. The molecule has 0 atom stereocenters. The first-order valence-corrected chi connectivity index (χ1v) is 4.30. The van der Waals surface area contributed by atoms with Crippen molar-refractivity contribution in [3.63, 3.8) is 0 Å². The van der Waals surface area contributed by atoms with Gasteiger partial charge in [-0.05, 0) is 13.0 Å². The number of nitrogens with two attached hydrogens (primary N) is 1. The molecule has 14 heavy (non-hydrogen) atoms. The molecule has 0 amide bonds. The molecule has 0 bridgehead atoms. The van der Waals surface area contributed by atoms with Gasteiger partial charge < -0.3 is 5.73 Å². The maximum atomic E-state index is 5.45. The quantitative estimate of drug-likeness (QED) is 0.724. The standard InChI is InChI=1S/C8H12N6/c1-6-3-7(11-13(6)2)5-14-10-4-8(9)12-14/h3-4H,5H2,1-2H3,(H2,9,12). The molecule has 2 N–H and O–H groups in total. The monoisotopic (exact) mass is 192 g/mol. The van der Waals surface area contributed by atoms with Crippen molar-refractivity contribution in [2.75, 3.05) is 5.73 Å². The van der Waals surface area contributed by atoms with Crippen LogP contribution >= 0.6 is 0 Å². The fraction of sp³-hybridized carbons (Fsp3) is 0.375. The molecule has 0 radical (unpaired) electrons. The first kappa shape index (κ1) is 8.74. The van der Waals surface area contributed by atoms with E-state index in [1.165, 1.54) is 11.0 Å². The van der Waals surface area contributed by atoms with Gasteiger partial charge in [0.25, 0.3) is 0 Å². The molecule has 2 rings (SSSR count). The van der Waals surface area contributed by atoms with Crippen molar-refractivity contribution in [1.29, 1.82) is 0 Å². The van der Waals surface area contributed by atoms with E-state index in [1.54, 1.807) is 0 Å². The fourth-order valence-corrected chi connectivity index (χ4v) is 1.24. The molecule has 2 aromatic heterocycles. The fourth-order valence-electron chi connectivity index (χ4n) is 1.24. The number of anilines is 1. The molecule has 74 valence electrons. The average Bonchev–Trinajstić information content (AvgIpc) is 2.62. The summed E-state index contributed by atoms with van der Waals surface area (Å²) in [6, 6.07) is 2.00. The highest BCUT2D eigenvalue weighted by molar-refractivity contribution is 5.19. The molecule has 0 aliphatic heterocycles. The average molecular weight is 192 g/mol. The minimum Gasteiger partial charge on any atom is -0.381 e. The number of hydrogen-bond acceptors (Lipinski definition) is 4. The number of nitrogen functional groups attached to an aromatic ring is 1. The molecule has 0 aromatic carbocycles. The Hall–Kier alpha value is -1.85. The first-order valence-electron chi connectivity index (χ1n) is 4.30. The SMILES string of the molecule is Cc1cc(Cn2ncc(N)n2)nn1C. The zero-order valence-electron chi connectivity index (χ0n) is 8.18. The van der Waals surface area contributed by atoms with E-state index < -0.39 is 0 Å². The number of aromatic nitrogens is 5. The van der Waals surface area contributed by atoms with Crippen LogP contribution in [0.15, 0.2) is 12.3 Å². The molecule has 6 nitrogen and oxygen atoms in total. The minimum atomic E-state index is 0.428. The Kier molecular flexibility index (Phi) is 1.95. The molecule has 0 aliphatic rings. The normalized spacial score (nSPS) is 10.7. The summed E-state index contributed by atoms with van der Waals surface area (Å²) in [5.74, 6) is 0.428. The molecule has 0 aliphatic carbocycles. The van der Waals surface area contributed by atoms with Crippen molar-refractivity contribution >= 4 is 5.82 Å². The van der Waals surface area contributed by atoms with Gasteiger partial charge in [-0.1, -0.05) is 0 Å². The van der Waals surface area contributed by atoms with E-state index in [4.69, 9.17) is 5.73 Å². The van der Waals surface area contributed by atoms with Crippen LogP contribution in [0.25, 0.3) is 0 Å². The number of hydrogen-bond donors (Lipinski definition) is 1. The lowest BCUT2D eigenvalue weighted by Gasteiger charge is -1.94. The third-order valence-electron chi connectivity index (χ3n) is 2.02. The largest absolute Gasteiger partial charge is 0.381 e. The Morgan fingerprint density at radius 3 is 2.71 bits per heavy atom. The number of nitrogens with zero attached hydrogens (tertiary/aromatic N) is 5. The van der Waals surface area contributed by atoms with E-state index in [1.807, 2.05) is 24.7 Å². The Morgan fingerprint density at radius 1 is 1.43 bits per heavy atom. The predicted molar refractivity (Wildman–Crippen MR) is 51.5 cm³/mol. The Morgan fingerprint density at radius 2 is 2.21 bits per heavy atom. The van der Waals surface area contributed by atoms with Crippen LogP contribution in [0.1, 0.15) is 11.4 Å². The molecular weight excluding hydrogens is 180 g/mol. The van der Waals surface area contributed by atoms with Crippen molar-refractivity contribution in [1.82, 2.24) is 24.8 Å². The third kappa shape index (κ3) is 1.59. The highest BCUT2D eigenvalue weighted by atomic mass is 15.5. The summed E-state index contributed by atoms with van der Waals surface area (Å²) >= 11 is 0. The van der Waals surface area contributed by atoms with Crippen LogP contribution in [-0.2, 0) is 13.6 Å². The van der Waals surface area contributed by atoms with Crippen molar-refractivity contribution < 1.29 is 0 Å². The summed E-state index contributed by atoms with van der Waals surface area (Å²) in [5.41, 5.74) is 7.49. The van der Waals surface area contributed by atoms with Crippen molar-refractivity contribution in [2.24, 2.45) is 7.05 Å².